The van der Waals surface area contributed by atoms with E-state index < -0.39 is 9.04 Å². The van der Waals surface area contributed by atoms with E-state index in [2.05, 4.69) is 46.9 Å². The highest BCUT2D eigenvalue weighted by Crippen LogP contribution is 2.36. The van der Waals surface area contributed by atoms with Gasteiger partial charge in [-0.25, -0.2) is 0 Å². The van der Waals surface area contributed by atoms with E-state index in [9.17, 15) is 4.79 Å². The summed E-state index contributed by atoms with van der Waals surface area (Å²) in [7, 11) is -1.15. The first-order chi connectivity index (χ1) is 10.7. The van der Waals surface area contributed by atoms with Crippen molar-refractivity contribution in [1.82, 2.24) is 0 Å². The minimum atomic E-state index is -1.15. The number of hydrogen-bond donors (Lipinski definition) is 0. The van der Waals surface area contributed by atoms with Gasteiger partial charge in [-0.15, -0.1) is 0 Å². The molecule has 2 nitrogen and oxygen atoms in total. The standard InChI is InChI=1S/C20H38O2Si/c1-7-8-9-12-17(20(2,3)4)15-19(22-23(5)6)16-11-10-13-18(21)14-16/h15-17,23H,7-14H2,1-6H3/b19-15+. The molecule has 1 aliphatic carbocycles. The van der Waals surface area contributed by atoms with Crippen LogP contribution in [-0.2, 0) is 9.22 Å². The Morgan fingerprint density at radius 3 is 2.57 bits per heavy atom. The number of allylic oxidation sites excluding steroid dienone is 2. The van der Waals surface area contributed by atoms with Gasteiger partial charge in [-0.3, -0.25) is 4.79 Å². The van der Waals surface area contributed by atoms with Crippen molar-refractivity contribution in [1.29, 1.82) is 0 Å². The van der Waals surface area contributed by atoms with Gasteiger partial charge in [-0.05, 0) is 49.8 Å². The number of hydrogen-bond acceptors (Lipinski definition) is 2. The van der Waals surface area contributed by atoms with Gasteiger partial charge in [0.2, 0.25) is 9.04 Å². The Morgan fingerprint density at radius 1 is 1.35 bits per heavy atom. The lowest BCUT2D eigenvalue weighted by molar-refractivity contribution is -0.121. The molecule has 23 heavy (non-hydrogen) atoms. The van der Waals surface area contributed by atoms with E-state index in [1.54, 1.807) is 0 Å². The van der Waals surface area contributed by atoms with Gasteiger partial charge in [-0.1, -0.05) is 47.0 Å². The van der Waals surface area contributed by atoms with Crippen molar-refractivity contribution in [2.75, 3.05) is 0 Å². The van der Waals surface area contributed by atoms with Crippen molar-refractivity contribution in [2.45, 2.75) is 92.2 Å². The maximum atomic E-state index is 11.9. The van der Waals surface area contributed by atoms with Crippen LogP contribution in [0.25, 0.3) is 0 Å². The molecule has 0 N–H and O–H groups in total. The third kappa shape index (κ3) is 7.69. The van der Waals surface area contributed by atoms with Crippen LogP contribution >= 0.6 is 0 Å². The minimum absolute atomic E-state index is 0.250. The van der Waals surface area contributed by atoms with Gasteiger partial charge >= 0.3 is 0 Å². The quantitative estimate of drug-likeness (QED) is 0.314. The summed E-state index contributed by atoms with van der Waals surface area (Å²) in [5, 5.41) is 0. The van der Waals surface area contributed by atoms with Crippen LogP contribution in [0.3, 0.4) is 0 Å². The third-order valence-electron chi connectivity index (χ3n) is 4.85. The zero-order valence-corrected chi connectivity index (χ0v) is 17.4. The van der Waals surface area contributed by atoms with E-state index in [0.717, 1.165) is 25.0 Å². The summed E-state index contributed by atoms with van der Waals surface area (Å²) in [6.45, 7) is 13.7. The van der Waals surface area contributed by atoms with Crippen LogP contribution in [0, 0.1) is 17.3 Å². The van der Waals surface area contributed by atoms with E-state index in [1.807, 2.05) is 0 Å². The van der Waals surface area contributed by atoms with Gasteiger partial charge in [0.1, 0.15) is 5.78 Å². The molecule has 1 fully saturated rings. The summed E-state index contributed by atoms with van der Waals surface area (Å²) in [6.07, 6.45) is 11.1. The zero-order valence-electron chi connectivity index (χ0n) is 16.3. The molecule has 1 rings (SSSR count). The minimum Gasteiger partial charge on any atom is -0.550 e. The molecule has 0 bridgehead atoms. The largest absolute Gasteiger partial charge is 0.550 e. The van der Waals surface area contributed by atoms with Crippen LogP contribution in [-0.4, -0.2) is 14.8 Å². The SMILES string of the molecule is CCCCCC(/C=C(/O[SiH](C)C)C1CCCC(=O)C1)C(C)(C)C. The molecule has 0 aliphatic heterocycles. The van der Waals surface area contributed by atoms with Crippen LogP contribution in [0.1, 0.15) is 79.1 Å². The molecule has 0 amide bonds. The first-order valence-corrected chi connectivity index (χ1v) is 12.4. The normalized spacial score (nSPS) is 21.6. The van der Waals surface area contributed by atoms with E-state index in [4.69, 9.17) is 4.43 Å². The molecular weight excluding hydrogens is 300 g/mol. The molecule has 0 aromatic heterocycles. The molecule has 0 saturated heterocycles. The molecule has 3 heteroatoms. The second-order valence-electron chi connectivity index (χ2n) is 8.54. The zero-order chi connectivity index (χ0) is 17.5. The second kappa shape index (κ2) is 9.66. The second-order valence-corrected chi connectivity index (χ2v) is 10.9. The smallest absolute Gasteiger partial charge is 0.229 e. The average Bonchev–Trinajstić information content (AvgIpc) is 2.43. The average molecular weight is 339 g/mol. The highest BCUT2D eigenvalue weighted by atomic mass is 28.3. The van der Waals surface area contributed by atoms with Crippen LogP contribution < -0.4 is 0 Å². The van der Waals surface area contributed by atoms with Gasteiger partial charge in [0.15, 0.2) is 0 Å². The van der Waals surface area contributed by atoms with Gasteiger partial charge in [0, 0.05) is 18.8 Å². The van der Waals surface area contributed by atoms with E-state index in [-0.39, 0.29) is 5.41 Å². The summed E-state index contributed by atoms with van der Waals surface area (Å²) in [4.78, 5) is 11.9. The number of Topliss-reactive ketones (excluding diaryl/α,β-unsaturated/α-hetero) is 1. The molecule has 1 saturated carbocycles. The Bertz CT molecular complexity index is 393. The summed E-state index contributed by atoms with van der Waals surface area (Å²) in [6, 6.07) is 0. The van der Waals surface area contributed by atoms with Gasteiger partial charge < -0.3 is 4.43 Å². The van der Waals surface area contributed by atoms with Crippen LogP contribution in [0.15, 0.2) is 11.8 Å². The van der Waals surface area contributed by atoms with Gasteiger partial charge in [-0.2, -0.15) is 0 Å². The highest BCUT2D eigenvalue weighted by Gasteiger charge is 2.28. The molecule has 0 aromatic carbocycles. The topological polar surface area (TPSA) is 26.3 Å². The van der Waals surface area contributed by atoms with E-state index >= 15 is 0 Å². The highest BCUT2D eigenvalue weighted by molar-refractivity contribution is 6.48. The maximum absolute atomic E-state index is 11.9. The van der Waals surface area contributed by atoms with Crippen molar-refractivity contribution in [3.63, 3.8) is 0 Å². The van der Waals surface area contributed by atoms with Gasteiger partial charge in [0.25, 0.3) is 0 Å². The Hall–Kier alpha value is -0.573. The number of ketones is 1. The lowest BCUT2D eigenvalue weighted by Crippen LogP contribution is -2.24. The number of unbranched alkanes of at least 4 members (excludes halogenated alkanes) is 2. The van der Waals surface area contributed by atoms with Crippen molar-refractivity contribution < 1.29 is 9.22 Å². The molecular formula is C20H38O2Si. The molecule has 134 valence electrons. The van der Waals surface area contributed by atoms with Crippen LogP contribution in [0.4, 0.5) is 0 Å². The molecule has 0 aromatic rings. The van der Waals surface area contributed by atoms with E-state index in [0.29, 0.717) is 24.0 Å². The van der Waals surface area contributed by atoms with E-state index in [1.165, 1.54) is 25.7 Å². The molecule has 2 unspecified atom stereocenters. The fraction of sp³-hybridized carbons (Fsp3) is 0.850. The summed E-state index contributed by atoms with van der Waals surface area (Å²) in [5.41, 5.74) is 0.250. The first kappa shape index (κ1) is 20.5. The predicted molar refractivity (Wildman–Crippen MR) is 102 cm³/mol. The molecule has 1 aliphatic rings. The maximum Gasteiger partial charge on any atom is 0.229 e. The summed E-state index contributed by atoms with van der Waals surface area (Å²) >= 11 is 0. The Kier molecular flexibility index (Phi) is 8.60. The molecule has 0 spiro atoms. The molecule has 0 radical (unpaired) electrons. The Balaban J connectivity index is 2.94. The van der Waals surface area contributed by atoms with Crippen molar-refractivity contribution in [3.05, 3.63) is 11.8 Å². The molecule has 0 heterocycles. The summed E-state index contributed by atoms with van der Waals surface area (Å²) < 4.78 is 6.32. The fourth-order valence-electron chi connectivity index (χ4n) is 3.39. The number of carbonyl (C=O) groups excluding carboxylic acids is 1. The number of carbonyl (C=O) groups is 1. The predicted octanol–water partition coefficient (Wildman–Crippen LogP) is 5.87. The number of rotatable bonds is 8. The molecule has 2 atom stereocenters. The van der Waals surface area contributed by atoms with Crippen molar-refractivity contribution in [3.8, 4) is 0 Å². The lowest BCUT2D eigenvalue weighted by Gasteiger charge is -2.32. The van der Waals surface area contributed by atoms with Crippen molar-refractivity contribution >= 4 is 14.8 Å². The van der Waals surface area contributed by atoms with Gasteiger partial charge in [0.05, 0.1) is 5.76 Å². The van der Waals surface area contributed by atoms with Crippen LogP contribution in [0.5, 0.6) is 0 Å². The fourth-order valence-corrected chi connectivity index (χ4v) is 4.21. The Labute approximate surface area is 145 Å². The monoisotopic (exact) mass is 338 g/mol. The Morgan fingerprint density at radius 2 is 2.04 bits per heavy atom. The van der Waals surface area contributed by atoms with Crippen LogP contribution in [0.2, 0.25) is 13.1 Å². The first-order valence-electron chi connectivity index (χ1n) is 9.64. The van der Waals surface area contributed by atoms with Crippen molar-refractivity contribution in [2.24, 2.45) is 17.3 Å². The third-order valence-corrected chi connectivity index (χ3v) is 5.60. The summed E-state index contributed by atoms with van der Waals surface area (Å²) in [5.74, 6) is 2.44. The lowest BCUT2D eigenvalue weighted by atomic mass is 9.76.